The minimum atomic E-state index is -1.07. The molecule has 0 unspecified atom stereocenters. The Hall–Kier alpha value is -1.80. The fourth-order valence-corrected chi connectivity index (χ4v) is 2.94. The number of hydrogen-bond donors (Lipinski definition) is 2. The molecular formula is C12H13N3O3S2. The Morgan fingerprint density at radius 3 is 2.75 bits per heavy atom. The SMILES string of the molecule is CC(C)c1ncc(C(=O)NCc2nc(C(=O)O)cs2)s1. The Morgan fingerprint density at radius 1 is 1.45 bits per heavy atom. The number of amides is 1. The third-order valence-corrected chi connectivity index (χ3v) is 4.56. The number of rotatable bonds is 5. The molecule has 106 valence electrons. The molecule has 0 aliphatic rings. The van der Waals surface area contributed by atoms with Crippen LogP contribution in [0.4, 0.5) is 0 Å². The summed E-state index contributed by atoms with van der Waals surface area (Å²) in [7, 11) is 0. The summed E-state index contributed by atoms with van der Waals surface area (Å²) in [6.45, 7) is 4.25. The van der Waals surface area contributed by atoms with Crippen LogP contribution in [0, 0.1) is 0 Å². The van der Waals surface area contributed by atoms with E-state index in [4.69, 9.17) is 5.11 Å². The first-order chi connectivity index (χ1) is 9.47. The monoisotopic (exact) mass is 311 g/mol. The highest BCUT2D eigenvalue weighted by Gasteiger charge is 2.13. The van der Waals surface area contributed by atoms with Gasteiger partial charge in [0.2, 0.25) is 0 Å². The van der Waals surface area contributed by atoms with Crippen molar-refractivity contribution >= 4 is 34.6 Å². The van der Waals surface area contributed by atoms with Gasteiger partial charge in [0, 0.05) is 11.3 Å². The van der Waals surface area contributed by atoms with Crippen LogP contribution >= 0.6 is 22.7 Å². The Kier molecular flexibility index (Phi) is 4.46. The van der Waals surface area contributed by atoms with Crippen molar-refractivity contribution in [3.8, 4) is 0 Å². The number of carbonyl (C=O) groups excluding carboxylic acids is 1. The van der Waals surface area contributed by atoms with Gasteiger partial charge in [-0.05, 0) is 0 Å². The maximum absolute atomic E-state index is 11.9. The van der Waals surface area contributed by atoms with E-state index in [1.165, 1.54) is 28.1 Å². The van der Waals surface area contributed by atoms with Gasteiger partial charge < -0.3 is 10.4 Å². The molecule has 2 aromatic heterocycles. The van der Waals surface area contributed by atoms with Gasteiger partial charge in [-0.1, -0.05) is 13.8 Å². The van der Waals surface area contributed by atoms with E-state index in [9.17, 15) is 9.59 Å². The van der Waals surface area contributed by atoms with Gasteiger partial charge in [-0.15, -0.1) is 22.7 Å². The number of nitrogens with zero attached hydrogens (tertiary/aromatic N) is 2. The zero-order valence-electron chi connectivity index (χ0n) is 10.9. The Morgan fingerprint density at radius 2 is 2.20 bits per heavy atom. The van der Waals surface area contributed by atoms with Crippen LogP contribution in [-0.2, 0) is 6.54 Å². The molecular weight excluding hydrogens is 298 g/mol. The van der Waals surface area contributed by atoms with Gasteiger partial charge in [-0.3, -0.25) is 4.79 Å². The zero-order valence-corrected chi connectivity index (χ0v) is 12.5. The van der Waals surface area contributed by atoms with E-state index in [0.717, 1.165) is 5.01 Å². The molecule has 0 bridgehead atoms. The molecule has 0 radical (unpaired) electrons. The first kappa shape index (κ1) is 14.6. The molecule has 0 aromatic carbocycles. The number of aromatic carboxylic acids is 1. The molecule has 0 saturated heterocycles. The van der Waals surface area contributed by atoms with Crippen LogP contribution in [0.1, 0.15) is 49.9 Å². The van der Waals surface area contributed by atoms with Gasteiger partial charge in [0.05, 0.1) is 17.7 Å². The van der Waals surface area contributed by atoms with Crippen LogP contribution in [0.15, 0.2) is 11.6 Å². The molecule has 2 aromatic rings. The summed E-state index contributed by atoms with van der Waals surface area (Å²) in [5.41, 5.74) is -0.000803. The van der Waals surface area contributed by atoms with Crippen molar-refractivity contribution in [3.05, 3.63) is 32.2 Å². The number of carbonyl (C=O) groups is 2. The van der Waals surface area contributed by atoms with Gasteiger partial charge in [0.1, 0.15) is 9.88 Å². The summed E-state index contributed by atoms with van der Waals surface area (Å²) in [5.74, 6) is -0.997. The molecule has 2 N–H and O–H groups in total. The van der Waals surface area contributed by atoms with Crippen molar-refractivity contribution in [1.29, 1.82) is 0 Å². The third kappa shape index (κ3) is 3.40. The molecule has 0 fully saturated rings. The second kappa shape index (κ2) is 6.10. The van der Waals surface area contributed by atoms with Crippen LogP contribution in [0.3, 0.4) is 0 Å². The maximum Gasteiger partial charge on any atom is 0.355 e. The molecule has 0 saturated carbocycles. The fourth-order valence-electron chi connectivity index (χ4n) is 1.39. The topological polar surface area (TPSA) is 92.2 Å². The number of carboxylic acid groups (broad SMARTS) is 1. The van der Waals surface area contributed by atoms with E-state index in [0.29, 0.717) is 15.8 Å². The van der Waals surface area contributed by atoms with Crippen molar-refractivity contribution in [2.75, 3.05) is 0 Å². The minimum Gasteiger partial charge on any atom is -0.476 e. The lowest BCUT2D eigenvalue weighted by molar-refractivity contribution is 0.0691. The van der Waals surface area contributed by atoms with Crippen molar-refractivity contribution in [1.82, 2.24) is 15.3 Å². The van der Waals surface area contributed by atoms with E-state index in [2.05, 4.69) is 15.3 Å². The highest BCUT2D eigenvalue weighted by Crippen LogP contribution is 2.21. The predicted octanol–water partition coefficient (Wildman–Crippen LogP) is 2.35. The average molecular weight is 311 g/mol. The van der Waals surface area contributed by atoms with Crippen LogP contribution in [0.5, 0.6) is 0 Å². The van der Waals surface area contributed by atoms with Crippen LogP contribution in [0.2, 0.25) is 0 Å². The number of carboxylic acids is 1. The minimum absolute atomic E-state index is 0.000803. The lowest BCUT2D eigenvalue weighted by Crippen LogP contribution is -2.21. The van der Waals surface area contributed by atoms with Crippen molar-refractivity contribution < 1.29 is 14.7 Å². The fraction of sp³-hybridized carbons (Fsp3) is 0.333. The second-order valence-electron chi connectivity index (χ2n) is 4.33. The first-order valence-corrected chi connectivity index (χ1v) is 7.58. The van der Waals surface area contributed by atoms with E-state index >= 15 is 0 Å². The molecule has 2 heterocycles. The van der Waals surface area contributed by atoms with E-state index in [1.54, 1.807) is 6.20 Å². The average Bonchev–Trinajstić information content (AvgIpc) is 3.05. The largest absolute Gasteiger partial charge is 0.476 e. The van der Waals surface area contributed by atoms with Crippen molar-refractivity contribution in [2.24, 2.45) is 0 Å². The highest BCUT2D eigenvalue weighted by molar-refractivity contribution is 7.13. The molecule has 8 heteroatoms. The molecule has 1 amide bonds. The quantitative estimate of drug-likeness (QED) is 0.884. The summed E-state index contributed by atoms with van der Waals surface area (Å²) >= 11 is 2.57. The molecule has 0 aliphatic heterocycles. The van der Waals surface area contributed by atoms with Gasteiger partial charge in [-0.25, -0.2) is 14.8 Å². The number of aromatic nitrogens is 2. The molecule has 0 atom stereocenters. The van der Waals surface area contributed by atoms with Gasteiger partial charge in [0.25, 0.3) is 5.91 Å². The molecule has 6 nitrogen and oxygen atoms in total. The number of thiazole rings is 2. The Labute approximate surface area is 123 Å². The summed E-state index contributed by atoms with van der Waals surface area (Å²) in [6, 6.07) is 0. The summed E-state index contributed by atoms with van der Waals surface area (Å²) < 4.78 is 0. The third-order valence-electron chi connectivity index (χ3n) is 2.41. The zero-order chi connectivity index (χ0) is 14.7. The first-order valence-electron chi connectivity index (χ1n) is 5.89. The van der Waals surface area contributed by atoms with Crippen molar-refractivity contribution in [3.63, 3.8) is 0 Å². The maximum atomic E-state index is 11.9. The summed E-state index contributed by atoms with van der Waals surface area (Å²) in [4.78, 5) is 31.2. The van der Waals surface area contributed by atoms with E-state index in [-0.39, 0.29) is 18.1 Å². The Balaban J connectivity index is 1.95. The molecule has 20 heavy (non-hydrogen) atoms. The Bertz CT molecular complexity index is 633. The van der Waals surface area contributed by atoms with Crippen LogP contribution in [-0.4, -0.2) is 27.0 Å². The summed E-state index contributed by atoms with van der Waals surface area (Å²) in [6.07, 6.45) is 1.56. The lowest BCUT2D eigenvalue weighted by atomic mass is 10.2. The van der Waals surface area contributed by atoms with Crippen molar-refractivity contribution in [2.45, 2.75) is 26.3 Å². The summed E-state index contributed by atoms with van der Waals surface area (Å²) in [5, 5.41) is 14.4. The van der Waals surface area contributed by atoms with Gasteiger partial charge in [-0.2, -0.15) is 0 Å². The predicted molar refractivity (Wildman–Crippen MR) is 76.4 cm³/mol. The van der Waals surface area contributed by atoms with Gasteiger partial charge >= 0.3 is 5.97 Å². The number of hydrogen-bond acceptors (Lipinski definition) is 6. The molecule has 2 rings (SSSR count). The normalized spacial score (nSPS) is 10.8. The number of nitrogens with one attached hydrogen (secondary N) is 1. The molecule has 0 aliphatic carbocycles. The lowest BCUT2D eigenvalue weighted by Gasteiger charge is -2.00. The highest BCUT2D eigenvalue weighted by atomic mass is 32.1. The second-order valence-corrected chi connectivity index (χ2v) is 6.34. The smallest absolute Gasteiger partial charge is 0.355 e. The van der Waals surface area contributed by atoms with Crippen LogP contribution in [0.25, 0.3) is 0 Å². The van der Waals surface area contributed by atoms with Gasteiger partial charge in [0.15, 0.2) is 5.69 Å². The van der Waals surface area contributed by atoms with E-state index in [1.807, 2.05) is 13.8 Å². The van der Waals surface area contributed by atoms with E-state index < -0.39 is 5.97 Å². The standard InChI is InChI=1S/C12H13N3O3S2/c1-6(2)11-14-3-8(20-11)10(16)13-4-9-15-7(5-19-9)12(17)18/h3,5-6H,4H2,1-2H3,(H,13,16)(H,17,18). The molecule has 0 spiro atoms. The van der Waals surface area contributed by atoms with Crippen LogP contribution < -0.4 is 5.32 Å².